The second-order valence-electron chi connectivity index (χ2n) is 13.4. The molecule has 2 aliphatic rings. The van der Waals surface area contributed by atoms with Crippen LogP contribution in [0.3, 0.4) is 0 Å². The van der Waals surface area contributed by atoms with Gasteiger partial charge in [-0.25, -0.2) is 4.79 Å². The van der Waals surface area contributed by atoms with Crippen LogP contribution in [0.1, 0.15) is 27.0 Å². The summed E-state index contributed by atoms with van der Waals surface area (Å²) < 4.78 is 8.13. The molecular weight excluding hydrogens is 669 g/mol. The average molecular weight is 699 g/mol. The van der Waals surface area contributed by atoms with Gasteiger partial charge in [0.05, 0.1) is 10.9 Å². The summed E-state index contributed by atoms with van der Waals surface area (Å²) in [5, 5.41) is 9.30. The Bertz CT molecular complexity index is 3150. The van der Waals surface area contributed by atoms with Crippen molar-refractivity contribution in [2.45, 2.75) is 6.42 Å². The average Bonchev–Trinajstić information content (AvgIpc) is 3.89. The number of benzene rings is 8. The third kappa shape index (κ3) is 5.10. The van der Waals surface area contributed by atoms with Gasteiger partial charge in [-0.2, -0.15) is 0 Å². The van der Waals surface area contributed by atoms with Gasteiger partial charge in [-0.05, 0) is 62.4 Å². The van der Waals surface area contributed by atoms with E-state index < -0.39 is 5.63 Å². The number of thiophene rings is 1. The predicted octanol–water partition coefficient (Wildman–Crippen LogP) is 12.6. The standard InChI is InChI=1S/C17H12.C16H8O3.C16H10S/c1-3-7-14-12(5-1)9-10-16-15-8-4-2-6-13(15)11-17(14)16;17-14-10-6-2-3-7-11(10)15-13(14)9-5-1-4-8-12(9)16(18)19-15;1-2-6-12-11(5-1)9-10-14-13-7-3-4-8-15(13)17-16(12)14/h1-10H,11H2;1-8H;1-10H. The molecule has 250 valence electrons. The Morgan fingerprint density at radius 3 is 1.83 bits per heavy atom. The van der Waals surface area contributed by atoms with Crippen LogP contribution in [-0.4, -0.2) is 5.78 Å². The van der Waals surface area contributed by atoms with E-state index in [2.05, 4.69) is 121 Å². The molecular formula is C49H30O3S. The van der Waals surface area contributed by atoms with Crippen LogP contribution in [0.5, 0.6) is 0 Å². The Labute approximate surface area is 309 Å². The quantitative estimate of drug-likeness (QED) is 0.158. The Kier molecular flexibility index (Phi) is 7.38. The Balaban J connectivity index is 0.0000000991. The molecule has 0 amide bonds. The maximum atomic E-state index is 12.5. The fraction of sp³-hybridized carbons (Fsp3) is 0.0204. The van der Waals surface area contributed by atoms with Gasteiger partial charge in [-0.15, -0.1) is 11.3 Å². The van der Waals surface area contributed by atoms with Crippen LogP contribution in [0.4, 0.5) is 0 Å². The van der Waals surface area contributed by atoms with Crippen molar-refractivity contribution in [2.24, 2.45) is 0 Å². The van der Waals surface area contributed by atoms with E-state index in [0.717, 1.165) is 6.42 Å². The van der Waals surface area contributed by atoms with E-state index in [1.165, 1.54) is 64.0 Å². The Morgan fingerprint density at radius 2 is 1.02 bits per heavy atom. The molecule has 53 heavy (non-hydrogen) atoms. The SMILES string of the molecule is O=C1c2ccccc2-c2oc(=O)c3ccccc3c21.c1ccc2c(c1)Cc1c-2ccc2ccccc12.c1ccc2c(c1)ccc1c3ccccc3sc21. The second kappa shape index (κ2) is 12.6. The lowest BCUT2D eigenvalue weighted by Crippen LogP contribution is -2.04. The highest BCUT2D eigenvalue weighted by molar-refractivity contribution is 7.26. The zero-order chi connectivity index (χ0) is 35.5. The molecule has 3 nitrogen and oxygen atoms in total. The van der Waals surface area contributed by atoms with E-state index in [-0.39, 0.29) is 5.78 Å². The number of ketones is 1. The number of rotatable bonds is 0. The third-order valence-electron chi connectivity index (χ3n) is 10.5. The predicted molar refractivity (Wildman–Crippen MR) is 220 cm³/mol. The number of carbonyl (C=O) groups excluding carboxylic acids is 1. The molecule has 0 saturated heterocycles. The summed E-state index contributed by atoms with van der Waals surface area (Å²) in [5.74, 6) is 0.315. The van der Waals surface area contributed by atoms with Gasteiger partial charge in [0.25, 0.3) is 0 Å². The van der Waals surface area contributed by atoms with Gasteiger partial charge < -0.3 is 4.42 Å². The molecule has 0 fully saturated rings. The van der Waals surface area contributed by atoms with Crippen LogP contribution < -0.4 is 5.63 Å². The Morgan fingerprint density at radius 1 is 0.434 bits per heavy atom. The third-order valence-corrected chi connectivity index (χ3v) is 11.7. The van der Waals surface area contributed by atoms with Crippen LogP contribution in [0.15, 0.2) is 179 Å². The molecule has 4 heteroatoms. The van der Waals surface area contributed by atoms with E-state index in [1.807, 2.05) is 29.5 Å². The number of hydrogen-bond donors (Lipinski definition) is 0. The molecule has 0 unspecified atom stereocenters. The van der Waals surface area contributed by atoms with Crippen molar-refractivity contribution in [1.29, 1.82) is 0 Å². The van der Waals surface area contributed by atoms with Gasteiger partial charge in [0.2, 0.25) is 0 Å². The van der Waals surface area contributed by atoms with Crippen molar-refractivity contribution < 1.29 is 9.21 Å². The normalized spacial score (nSPS) is 12.2. The maximum Gasteiger partial charge on any atom is 0.344 e. The van der Waals surface area contributed by atoms with E-state index in [9.17, 15) is 9.59 Å². The molecule has 2 aromatic heterocycles. The molecule has 2 heterocycles. The van der Waals surface area contributed by atoms with Crippen LogP contribution in [-0.2, 0) is 6.42 Å². The zero-order valence-corrected chi connectivity index (χ0v) is 29.3. The van der Waals surface area contributed by atoms with Crippen molar-refractivity contribution in [2.75, 3.05) is 0 Å². The molecule has 0 bridgehead atoms. The molecule has 12 rings (SSSR count). The summed E-state index contributed by atoms with van der Waals surface area (Å²) in [6, 6.07) is 57.9. The molecule has 8 aromatic carbocycles. The van der Waals surface area contributed by atoms with Gasteiger partial charge in [-0.3, -0.25) is 4.79 Å². The minimum Gasteiger partial charge on any atom is -0.421 e. The zero-order valence-electron chi connectivity index (χ0n) is 28.5. The van der Waals surface area contributed by atoms with E-state index in [1.54, 1.807) is 30.3 Å². The second-order valence-corrected chi connectivity index (χ2v) is 14.5. The summed E-state index contributed by atoms with van der Waals surface area (Å²) in [6.45, 7) is 0. The van der Waals surface area contributed by atoms with Crippen LogP contribution >= 0.6 is 11.3 Å². The first kappa shape index (κ1) is 31.1. The summed E-state index contributed by atoms with van der Waals surface area (Å²) in [7, 11) is 0. The van der Waals surface area contributed by atoms with Crippen molar-refractivity contribution in [3.05, 3.63) is 203 Å². The van der Waals surface area contributed by atoms with Crippen LogP contribution in [0, 0.1) is 0 Å². The molecule has 0 saturated carbocycles. The van der Waals surface area contributed by atoms with Gasteiger partial charge in [0.15, 0.2) is 11.5 Å². The summed E-state index contributed by atoms with van der Waals surface area (Å²) in [5.41, 5.74) is 7.16. The maximum absolute atomic E-state index is 12.5. The van der Waals surface area contributed by atoms with Gasteiger partial charge >= 0.3 is 5.63 Å². The molecule has 0 atom stereocenters. The van der Waals surface area contributed by atoms with Gasteiger partial charge in [0, 0.05) is 36.7 Å². The van der Waals surface area contributed by atoms with Gasteiger partial charge in [0.1, 0.15) is 0 Å². The first-order chi connectivity index (χ1) is 26.1. The highest BCUT2D eigenvalue weighted by Gasteiger charge is 2.31. The molecule has 10 aromatic rings. The van der Waals surface area contributed by atoms with E-state index in [0.29, 0.717) is 33.2 Å². The summed E-state index contributed by atoms with van der Waals surface area (Å²) in [4.78, 5) is 24.4. The van der Waals surface area contributed by atoms with Crippen molar-refractivity contribution in [3.8, 4) is 22.5 Å². The lowest BCUT2D eigenvalue weighted by atomic mass is 9.99. The molecule has 0 radical (unpaired) electrons. The van der Waals surface area contributed by atoms with E-state index >= 15 is 0 Å². The smallest absolute Gasteiger partial charge is 0.344 e. The monoisotopic (exact) mass is 698 g/mol. The Hall–Kier alpha value is -6.62. The van der Waals surface area contributed by atoms with Crippen molar-refractivity contribution >= 4 is 69.6 Å². The number of fused-ring (bicyclic) bond motifs is 15. The fourth-order valence-corrected chi connectivity index (χ4v) is 9.23. The minimum atomic E-state index is -0.404. The number of hydrogen-bond acceptors (Lipinski definition) is 4. The molecule has 0 N–H and O–H groups in total. The lowest BCUT2D eigenvalue weighted by Gasteiger charge is -2.05. The number of carbonyl (C=O) groups is 1. The first-order valence-electron chi connectivity index (χ1n) is 17.7. The molecule has 0 spiro atoms. The molecule has 2 aliphatic carbocycles. The highest BCUT2D eigenvalue weighted by atomic mass is 32.1. The van der Waals surface area contributed by atoms with Crippen LogP contribution in [0.25, 0.3) is 74.9 Å². The van der Waals surface area contributed by atoms with Crippen molar-refractivity contribution in [3.63, 3.8) is 0 Å². The summed E-state index contributed by atoms with van der Waals surface area (Å²) in [6.07, 6.45) is 1.08. The fourth-order valence-electron chi connectivity index (χ4n) is 7.99. The minimum absolute atomic E-state index is 0.0782. The van der Waals surface area contributed by atoms with Crippen LogP contribution in [0.2, 0.25) is 0 Å². The van der Waals surface area contributed by atoms with Crippen molar-refractivity contribution in [1.82, 2.24) is 0 Å². The first-order valence-corrected chi connectivity index (χ1v) is 18.5. The summed E-state index contributed by atoms with van der Waals surface area (Å²) >= 11 is 1.89. The molecule has 0 aliphatic heterocycles. The van der Waals surface area contributed by atoms with Gasteiger partial charge in [-0.1, -0.05) is 158 Å². The largest absolute Gasteiger partial charge is 0.421 e. The lowest BCUT2D eigenvalue weighted by molar-refractivity contribution is 0.104. The van der Waals surface area contributed by atoms with E-state index in [4.69, 9.17) is 4.42 Å². The highest BCUT2D eigenvalue weighted by Crippen LogP contribution is 2.41. The topological polar surface area (TPSA) is 47.3 Å².